The maximum absolute atomic E-state index is 12.9. The Hall–Kier alpha value is -3.06. The molecule has 0 saturated carbocycles. The van der Waals surface area contributed by atoms with Crippen LogP contribution in [0.2, 0.25) is 10.0 Å². The minimum Gasteiger partial charge on any atom is -0.358 e. The van der Waals surface area contributed by atoms with E-state index in [9.17, 15) is 9.59 Å². The number of aromatic nitrogens is 1. The highest BCUT2D eigenvalue weighted by Crippen LogP contribution is 2.37. The van der Waals surface area contributed by atoms with Gasteiger partial charge in [-0.25, -0.2) is 0 Å². The molecule has 0 bridgehead atoms. The van der Waals surface area contributed by atoms with E-state index in [0.717, 1.165) is 59.0 Å². The predicted molar refractivity (Wildman–Crippen MR) is 149 cm³/mol. The Morgan fingerprint density at radius 2 is 1.72 bits per heavy atom. The monoisotopic (exact) mass is 524 g/mol. The largest absolute Gasteiger partial charge is 0.358 e. The number of rotatable bonds is 8. The maximum atomic E-state index is 12.9. The SMILES string of the molecule is CCN(CC)CCNC(=O)c1c(C)[nH]c(/C=C2\C(=O)Nc3cc(-c4cc(Cl)cc(Cl)c4)ccc32)c1C. The molecule has 4 rings (SSSR count). The molecule has 2 amide bonds. The molecule has 1 aromatic heterocycles. The van der Waals surface area contributed by atoms with E-state index in [1.165, 1.54) is 0 Å². The first-order valence-corrected chi connectivity index (χ1v) is 12.8. The molecule has 6 nitrogen and oxygen atoms in total. The van der Waals surface area contributed by atoms with Crippen LogP contribution in [0.4, 0.5) is 5.69 Å². The fraction of sp³-hybridized carbons (Fsp3) is 0.286. The van der Waals surface area contributed by atoms with Gasteiger partial charge in [0.05, 0.1) is 11.1 Å². The van der Waals surface area contributed by atoms with Crippen LogP contribution in [-0.4, -0.2) is 47.9 Å². The van der Waals surface area contributed by atoms with E-state index in [4.69, 9.17) is 23.2 Å². The molecule has 0 saturated heterocycles. The zero-order valence-electron chi connectivity index (χ0n) is 20.9. The molecular formula is C28H30Cl2N4O2. The highest BCUT2D eigenvalue weighted by molar-refractivity contribution is 6.36. The fourth-order valence-electron chi connectivity index (χ4n) is 4.60. The van der Waals surface area contributed by atoms with E-state index >= 15 is 0 Å². The van der Waals surface area contributed by atoms with Crippen LogP contribution in [0.1, 0.15) is 46.7 Å². The molecule has 3 N–H and O–H groups in total. The minimum absolute atomic E-state index is 0.112. The highest BCUT2D eigenvalue weighted by atomic mass is 35.5. The number of halogens is 2. The molecule has 36 heavy (non-hydrogen) atoms. The number of hydrogen-bond acceptors (Lipinski definition) is 3. The zero-order valence-corrected chi connectivity index (χ0v) is 22.4. The van der Waals surface area contributed by atoms with Gasteiger partial charge >= 0.3 is 0 Å². The Bertz CT molecular complexity index is 1340. The molecule has 0 fully saturated rings. The average molecular weight is 525 g/mol. The van der Waals surface area contributed by atoms with Gasteiger partial charge in [0.15, 0.2) is 0 Å². The van der Waals surface area contributed by atoms with Gasteiger partial charge in [0.25, 0.3) is 11.8 Å². The van der Waals surface area contributed by atoms with Gasteiger partial charge in [0, 0.05) is 45.8 Å². The molecule has 0 radical (unpaired) electrons. The standard InChI is InChI=1S/C28H30Cl2N4O2/c1-5-34(6-2)10-9-31-28(36)26-16(3)24(32-17(26)4)15-23-22-8-7-18(13-25(22)33-27(23)35)19-11-20(29)14-21(30)12-19/h7-8,11-15,32H,5-6,9-10H2,1-4H3,(H,31,36)(H,33,35)/b23-15-. The quantitative estimate of drug-likeness (QED) is 0.308. The van der Waals surface area contributed by atoms with Crippen LogP contribution >= 0.6 is 23.2 Å². The van der Waals surface area contributed by atoms with Crippen molar-refractivity contribution in [2.75, 3.05) is 31.5 Å². The second kappa shape index (κ2) is 10.9. The molecule has 0 atom stereocenters. The van der Waals surface area contributed by atoms with E-state index in [1.807, 2.05) is 50.3 Å². The predicted octanol–water partition coefficient (Wildman–Crippen LogP) is 6.17. The molecule has 1 aliphatic heterocycles. The number of carbonyl (C=O) groups is 2. The van der Waals surface area contributed by atoms with Crippen LogP contribution in [0.15, 0.2) is 36.4 Å². The number of benzene rings is 2. The first kappa shape index (κ1) is 26.0. The van der Waals surface area contributed by atoms with Crippen LogP contribution in [0, 0.1) is 13.8 Å². The summed E-state index contributed by atoms with van der Waals surface area (Å²) in [5.41, 5.74) is 6.77. The van der Waals surface area contributed by atoms with E-state index in [-0.39, 0.29) is 11.8 Å². The Kier molecular flexibility index (Phi) is 7.88. The lowest BCUT2D eigenvalue weighted by Gasteiger charge is -2.18. The van der Waals surface area contributed by atoms with Gasteiger partial charge in [-0.2, -0.15) is 0 Å². The van der Waals surface area contributed by atoms with Crippen LogP contribution in [0.3, 0.4) is 0 Å². The van der Waals surface area contributed by atoms with Gasteiger partial charge < -0.3 is 20.5 Å². The molecule has 2 heterocycles. The molecular weight excluding hydrogens is 495 g/mol. The van der Waals surface area contributed by atoms with Gasteiger partial charge in [-0.15, -0.1) is 0 Å². The Balaban J connectivity index is 1.59. The van der Waals surface area contributed by atoms with E-state index < -0.39 is 0 Å². The van der Waals surface area contributed by atoms with Gasteiger partial charge in [0.1, 0.15) is 0 Å². The molecule has 1 aliphatic rings. The molecule has 0 aliphatic carbocycles. The van der Waals surface area contributed by atoms with E-state index in [2.05, 4.69) is 34.4 Å². The topological polar surface area (TPSA) is 77.2 Å². The van der Waals surface area contributed by atoms with Crippen molar-refractivity contribution in [1.29, 1.82) is 0 Å². The number of aromatic amines is 1. The van der Waals surface area contributed by atoms with Crippen molar-refractivity contribution in [1.82, 2.24) is 15.2 Å². The number of nitrogens with one attached hydrogen (secondary N) is 3. The second-order valence-electron chi connectivity index (χ2n) is 8.88. The van der Waals surface area contributed by atoms with Crippen LogP contribution < -0.4 is 10.6 Å². The number of amides is 2. The van der Waals surface area contributed by atoms with Crippen LogP contribution in [0.25, 0.3) is 22.8 Å². The second-order valence-corrected chi connectivity index (χ2v) is 9.75. The number of fused-ring (bicyclic) bond motifs is 1. The summed E-state index contributed by atoms with van der Waals surface area (Å²) in [5, 5.41) is 7.07. The van der Waals surface area contributed by atoms with Gasteiger partial charge in [0.2, 0.25) is 0 Å². The van der Waals surface area contributed by atoms with Gasteiger partial charge in [-0.3, -0.25) is 9.59 Å². The van der Waals surface area contributed by atoms with Crippen LogP contribution in [0.5, 0.6) is 0 Å². The van der Waals surface area contributed by atoms with Crippen molar-refractivity contribution < 1.29 is 9.59 Å². The summed E-state index contributed by atoms with van der Waals surface area (Å²) in [5.74, 6) is -0.303. The average Bonchev–Trinajstić information content (AvgIpc) is 3.30. The summed E-state index contributed by atoms with van der Waals surface area (Å²) in [6, 6.07) is 11.1. The first-order chi connectivity index (χ1) is 17.2. The molecule has 0 spiro atoms. The van der Waals surface area contributed by atoms with E-state index in [0.29, 0.717) is 27.7 Å². The summed E-state index contributed by atoms with van der Waals surface area (Å²) < 4.78 is 0. The third kappa shape index (κ3) is 5.36. The Morgan fingerprint density at radius 3 is 2.39 bits per heavy atom. The summed E-state index contributed by atoms with van der Waals surface area (Å²) in [6.07, 6.45) is 1.81. The van der Waals surface area contributed by atoms with Crippen LogP contribution in [-0.2, 0) is 4.79 Å². The van der Waals surface area contributed by atoms with Gasteiger partial charge in [-0.1, -0.05) is 49.2 Å². The molecule has 2 aromatic carbocycles. The van der Waals surface area contributed by atoms with Crippen molar-refractivity contribution in [2.45, 2.75) is 27.7 Å². The summed E-state index contributed by atoms with van der Waals surface area (Å²) >= 11 is 12.3. The van der Waals surface area contributed by atoms with Gasteiger partial charge in [-0.05, 0) is 74.0 Å². The summed E-state index contributed by atoms with van der Waals surface area (Å²) in [4.78, 5) is 31.3. The lowest BCUT2D eigenvalue weighted by atomic mass is 9.99. The number of carbonyl (C=O) groups excluding carboxylic acids is 2. The number of hydrogen-bond donors (Lipinski definition) is 3. The van der Waals surface area contributed by atoms with Crippen molar-refractivity contribution in [2.24, 2.45) is 0 Å². The highest BCUT2D eigenvalue weighted by Gasteiger charge is 2.26. The molecule has 0 unspecified atom stereocenters. The third-order valence-electron chi connectivity index (χ3n) is 6.60. The minimum atomic E-state index is -0.192. The lowest BCUT2D eigenvalue weighted by molar-refractivity contribution is -0.110. The Labute approximate surface area is 221 Å². The summed E-state index contributed by atoms with van der Waals surface area (Å²) in [6.45, 7) is 11.3. The van der Waals surface area contributed by atoms with Crippen molar-refractivity contribution >= 4 is 52.4 Å². The Morgan fingerprint density at radius 1 is 1.03 bits per heavy atom. The van der Waals surface area contributed by atoms with E-state index in [1.54, 1.807) is 6.07 Å². The normalized spacial score (nSPS) is 13.9. The number of nitrogens with zero attached hydrogens (tertiary/aromatic N) is 1. The van der Waals surface area contributed by atoms with Crippen molar-refractivity contribution in [3.05, 3.63) is 74.5 Å². The fourth-order valence-corrected chi connectivity index (χ4v) is 5.12. The third-order valence-corrected chi connectivity index (χ3v) is 7.03. The number of likely N-dealkylation sites (N-methyl/N-ethyl adjacent to an activating group) is 1. The lowest BCUT2D eigenvalue weighted by Crippen LogP contribution is -2.35. The van der Waals surface area contributed by atoms with Crippen molar-refractivity contribution in [3.8, 4) is 11.1 Å². The maximum Gasteiger partial charge on any atom is 0.256 e. The molecule has 8 heteroatoms. The number of aryl methyl sites for hydroxylation is 1. The molecule has 188 valence electrons. The van der Waals surface area contributed by atoms with Crippen molar-refractivity contribution in [3.63, 3.8) is 0 Å². The number of H-pyrrole nitrogens is 1. The first-order valence-electron chi connectivity index (χ1n) is 12.1. The zero-order chi connectivity index (χ0) is 26.0. The number of anilines is 1. The summed E-state index contributed by atoms with van der Waals surface area (Å²) in [7, 11) is 0. The smallest absolute Gasteiger partial charge is 0.256 e. The molecule has 3 aromatic rings.